The van der Waals surface area contributed by atoms with E-state index in [1.807, 2.05) is 18.2 Å². The van der Waals surface area contributed by atoms with Gasteiger partial charge in [-0.25, -0.2) is 9.78 Å². The van der Waals surface area contributed by atoms with Crippen LogP contribution in [0.25, 0.3) is 10.2 Å². The molecule has 1 saturated heterocycles. The molecule has 1 aromatic heterocycles. The monoisotopic (exact) mass is 345 g/mol. The Morgan fingerprint density at radius 3 is 3.17 bits per heavy atom. The summed E-state index contributed by atoms with van der Waals surface area (Å²) in [6, 6.07) is 7.99. The first-order valence-electron chi connectivity index (χ1n) is 7.95. The number of cyclic esters (lactones) is 1. The van der Waals surface area contributed by atoms with Gasteiger partial charge in [0.1, 0.15) is 6.10 Å². The molecular weight excluding hydrogens is 326 g/mol. The van der Waals surface area contributed by atoms with Crippen molar-refractivity contribution in [1.82, 2.24) is 4.98 Å². The second-order valence-corrected chi connectivity index (χ2v) is 6.81. The van der Waals surface area contributed by atoms with Gasteiger partial charge in [0.2, 0.25) is 0 Å². The molecular formula is C17H19N3O3S. The predicted octanol–water partition coefficient (Wildman–Crippen LogP) is 3.50. The predicted molar refractivity (Wildman–Crippen MR) is 92.3 cm³/mol. The number of nitriles is 1. The van der Waals surface area contributed by atoms with Gasteiger partial charge in [-0.15, -0.1) is 11.3 Å². The molecule has 0 saturated carbocycles. The average Bonchev–Trinajstić information content (AvgIpc) is 3.14. The number of carbonyl (C=O) groups is 1. The Balaban J connectivity index is 1.72. The van der Waals surface area contributed by atoms with Crippen molar-refractivity contribution in [3.8, 4) is 6.07 Å². The van der Waals surface area contributed by atoms with Gasteiger partial charge in [0, 0.05) is 19.2 Å². The molecule has 0 bridgehead atoms. The van der Waals surface area contributed by atoms with Gasteiger partial charge in [0.25, 0.3) is 0 Å². The standard InChI is InChI=1S/C17H19N3O3S/c1-22-11-13-10-20(17(21)23-13)12-6-7-14-15(9-12)24-16(19-14)5-3-2-4-8-18/h6-7,9,13H,2-5,10-11H2,1H3/t13-/m0/s1. The Morgan fingerprint density at radius 1 is 1.50 bits per heavy atom. The fourth-order valence-electron chi connectivity index (χ4n) is 2.72. The van der Waals surface area contributed by atoms with Crippen LogP contribution in [0, 0.1) is 11.3 Å². The van der Waals surface area contributed by atoms with E-state index in [1.165, 1.54) is 0 Å². The lowest BCUT2D eigenvalue weighted by Gasteiger charge is -2.12. The van der Waals surface area contributed by atoms with E-state index in [9.17, 15) is 4.79 Å². The van der Waals surface area contributed by atoms with E-state index in [2.05, 4.69) is 11.1 Å². The summed E-state index contributed by atoms with van der Waals surface area (Å²) in [6.07, 6.45) is 2.79. The first-order chi connectivity index (χ1) is 11.7. The van der Waals surface area contributed by atoms with Crippen LogP contribution in [0.1, 0.15) is 24.3 Å². The second kappa shape index (κ2) is 7.60. The highest BCUT2D eigenvalue weighted by molar-refractivity contribution is 7.18. The minimum atomic E-state index is -0.336. The van der Waals surface area contributed by atoms with Crippen LogP contribution in [0.3, 0.4) is 0 Å². The summed E-state index contributed by atoms with van der Waals surface area (Å²) in [5.74, 6) is 0. The Kier molecular flexibility index (Phi) is 5.28. The number of methoxy groups -OCH3 is 1. The Morgan fingerprint density at radius 2 is 2.38 bits per heavy atom. The number of aryl methyl sites for hydroxylation is 1. The van der Waals surface area contributed by atoms with Crippen molar-refractivity contribution >= 4 is 33.3 Å². The van der Waals surface area contributed by atoms with Crippen LogP contribution in [-0.4, -0.2) is 37.4 Å². The van der Waals surface area contributed by atoms with Gasteiger partial charge >= 0.3 is 6.09 Å². The fourth-order valence-corrected chi connectivity index (χ4v) is 3.76. The smallest absolute Gasteiger partial charge is 0.414 e. The van der Waals surface area contributed by atoms with Gasteiger partial charge < -0.3 is 9.47 Å². The zero-order valence-electron chi connectivity index (χ0n) is 13.5. The first-order valence-corrected chi connectivity index (χ1v) is 8.76. The summed E-state index contributed by atoms with van der Waals surface area (Å²) in [5.41, 5.74) is 1.77. The number of benzene rings is 1. The molecule has 0 aliphatic carbocycles. The maximum atomic E-state index is 12.0. The van der Waals surface area contributed by atoms with Crippen molar-refractivity contribution in [2.45, 2.75) is 31.8 Å². The molecule has 1 amide bonds. The highest BCUT2D eigenvalue weighted by Crippen LogP contribution is 2.30. The number of carbonyl (C=O) groups excluding carboxylic acids is 1. The van der Waals surface area contributed by atoms with E-state index >= 15 is 0 Å². The lowest BCUT2D eigenvalue weighted by Crippen LogP contribution is -2.25. The number of unbranched alkanes of at least 4 members (excludes halogenated alkanes) is 2. The number of hydrogen-bond acceptors (Lipinski definition) is 6. The number of anilines is 1. The molecule has 1 aliphatic rings. The Hall–Kier alpha value is -2.17. The molecule has 24 heavy (non-hydrogen) atoms. The summed E-state index contributed by atoms with van der Waals surface area (Å²) < 4.78 is 11.4. The number of fused-ring (bicyclic) bond motifs is 1. The molecule has 7 heteroatoms. The largest absolute Gasteiger partial charge is 0.441 e. The minimum Gasteiger partial charge on any atom is -0.441 e. The van der Waals surface area contributed by atoms with Crippen molar-refractivity contribution in [2.75, 3.05) is 25.2 Å². The zero-order chi connectivity index (χ0) is 16.9. The zero-order valence-corrected chi connectivity index (χ0v) is 14.3. The summed E-state index contributed by atoms with van der Waals surface area (Å²) >= 11 is 1.64. The maximum Gasteiger partial charge on any atom is 0.414 e. The Labute approximate surface area is 144 Å². The van der Waals surface area contributed by atoms with E-state index in [4.69, 9.17) is 14.7 Å². The molecule has 6 nitrogen and oxygen atoms in total. The summed E-state index contributed by atoms with van der Waals surface area (Å²) in [6.45, 7) is 0.899. The van der Waals surface area contributed by atoms with Crippen molar-refractivity contribution in [3.63, 3.8) is 0 Å². The number of thiazole rings is 1. The van der Waals surface area contributed by atoms with E-state index in [0.717, 1.165) is 40.2 Å². The van der Waals surface area contributed by atoms with Gasteiger partial charge in [-0.05, 0) is 37.5 Å². The molecule has 2 heterocycles. The molecule has 1 aromatic carbocycles. The number of rotatable bonds is 7. The molecule has 3 rings (SSSR count). The van der Waals surface area contributed by atoms with Gasteiger partial charge in [-0.2, -0.15) is 5.26 Å². The van der Waals surface area contributed by atoms with Crippen LogP contribution in [0.15, 0.2) is 18.2 Å². The van der Waals surface area contributed by atoms with E-state index in [1.54, 1.807) is 23.3 Å². The number of nitrogens with zero attached hydrogens (tertiary/aromatic N) is 3. The molecule has 0 spiro atoms. The molecule has 2 aromatic rings. The van der Waals surface area contributed by atoms with Crippen LogP contribution in [0.2, 0.25) is 0 Å². The van der Waals surface area contributed by atoms with Crippen molar-refractivity contribution < 1.29 is 14.3 Å². The van der Waals surface area contributed by atoms with Crippen LogP contribution >= 0.6 is 11.3 Å². The molecule has 1 atom stereocenters. The van der Waals surface area contributed by atoms with Gasteiger partial charge in [0.05, 0.1) is 34.4 Å². The van der Waals surface area contributed by atoms with Gasteiger partial charge in [0.15, 0.2) is 0 Å². The summed E-state index contributed by atoms with van der Waals surface area (Å²) in [4.78, 5) is 18.3. The van der Waals surface area contributed by atoms with Crippen LogP contribution in [-0.2, 0) is 15.9 Å². The summed E-state index contributed by atoms with van der Waals surface area (Å²) in [5, 5.41) is 9.64. The minimum absolute atomic E-state index is 0.227. The number of amides is 1. The Bertz CT molecular complexity index is 768. The number of aromatic nitrogens is 1. The van der Waals surface area contributed by atoms with E-state index in [-0.39, 0.29) is 12.2 Å². The molecule has 1 fully saturated rings. The van der Waals surface area contributed by atoms with E-state index < -0.39 is 0 Å². The van der Waals surface area contributed by atoms with Crippen molar-refractivity contribution in [2.24, 2.45) is 0 Å². The van der Waals surface area contributed by atoms with Gasteiger partial charge in [-0.1, -0.05) is 0 Å². The molecule has 0 N–H and O–H groups in total. The third-order valence-corrected chi connectivity index (χ3v) is 4.96. The van der Waals surface area contributed by atoms with Gasteiger partial charge in [-0.3, -0.25) is 4.90 Å². The second-order valence-electron chi connectivity index (χ2n) is 5.70. The van der Waals surface area contributed by atoms with Crippen LogP contribution in [0.5, 0.6) is 0 Å². The van der Waals surface area contributed by atoms with Crippen LogP contribution in [0.4, 0.5) is 10.5 Å². The lowest BCUT2D eigenvalue weighted by atomic mass is 10.2. The normalized spacial score (nSPS) is 17.2. The van der Waals surface area contributed by atoms with E-state index in [0.29, 0.717) is 19.6 Å². The molecule has 0 unspecified atom stereocenters. The highest BCUT2D eigenvalue weighted by atomic mass is 32.1. The lowest BCUT2D eigenvalue weighted by molar-refractivity contribution is 0.0718. The van der Waals surface area contributed by atoms with Crippen molar-refractivity contribution in [3.05, 3.63) is 23.2 Å². The first kappa shape index (κ1) is 16.7. The fraction of sp³-hybridized carbons (Fsp3) is 0.471. The molecule has 126 valence electrons. The number of ether oxygens (including phenoxy) is 2. The van der Waals surface area contributed by atoms with Crippen LogP contribution < -0.4 is 4.90 Å². The third kappa shape index (κ3) is 3.66. The highest BCUT2D eigenvalue weighted by Gasteiger charge is 2.32. The average molecular weight is 345 g/mol. The SMILES string of the molecule is COC[C@@H]1CN(c2ccc3nc(CCCCC#N)sc3c2)C(=O)O1. The topological polar surface area (TPSA) is 75.5 Å². The van der Waals surface area contributed by atoms with Crippen molar-refractivity contribution in [1.29, 1.82) is 5.26 Å². The summed E-state index contributed by atoms with van der Waals surface area (Å²) in [7, 11) is 1.60. The molecule has 1 aliphatic heterocycles. The number of hydrogen-bond donors (Lipinski definition) is 0. The quantitative estimate of drug-likeness (QED) is 0.718. The maximum absolute atomic E-state index is 12.0. The third-order valence-electron chi connectivity index (χ3n) is 3.88. The molecule has 0 radical (unpaired) electrons.